The lowest BCUT2D eigenvalue weighted by atomic mass is 10.00. The van der Waals surface area contributed by atoms with Crippen LogP contribution in [0.15, 0.2) is 54.6 Å². The van der Waals surface area contributed by atoms with E-state index >= 15 is 0 Å². The molecular formula is C34H45F3N6O7. The molecule has 5 unspecified atom stereocenters. The van der Waals surface area contributed by atoms with Crippen LogP contribution in [-0.4, -0.2) is 97.4 Å². The number of aliphatic hydroxyl groups excluding tert-OH is 1. The van der Waals surface area contributed by atoms with E-state index in [1.54, 1.807) is 56.3 Å². The number of morpholine rings is 1. The van der Waals surface area contributed by atoms with Crippen molar-refractivity contribution in [2.75, 3.05) is 31.2 Å². The van der Waals surface area contributed by atoms with Gasteiger partial charge in [0.2, 0.25) is 23.6 Å². The van der Waals surface area contributed by atoms with Crippen LogP contribution in [0.5, 0.6) is 0 Å². The second-order valence-corrected chi connectivity index (χ2v) is 12.4. The molecule has 13 nitrogen and oxygen atoms in total. The Hall–Kier alpha value is -4.70. The molecule has 5 amide bonds. The average Bonchev–Trinajstić information content (AvgIpc) is 3.08. The average molecular weight is 707 g/mol. The summed E-state index contributed by atoms with van der Waals surface area (Å²) in [6, 6.07) is 9.89. The third-order valence-electron chi connectivity index (χ3n) is 8.16. The maximum atomic E-state index is 13.6. The number of nitrogens with one attached hydrogen (secondary N) is 4. The number of aliphatic hydroxyl groups is 1. The Morgan fingerprint density at radius 3 is 2.04 bits per heavy atom. The summed E-state index contributed by atoms with van der Waals surface area (Å²) in [6.45, 7) is 7.30. The number of nitrogens with zero attached hydrogens (tertiary/aromatic N) is 1. The minimum absolute atomic E-state index is 0.0253. The monoisotopic (exact) mass is 706 g/mol. The number of hydrogen-bond donors (Lipinski definition) is 6. The minimum atomic E-state index is -5.11. The van der Waals surface area contributed by atoms with E-state index in [9.17, 15) is 42.3 Å². The second-order valence-electron chi connectivity index (χ2n) is 12.4. The highest BCUT2D eigenvalue weighted by Crippen LogP contribution is 2.24. The molecule has 0 aliphatic carbocycles. The summed E-state index contributed by atoms with van der Waals surface area (Å²) in [6.07, 6.45) is -9.28. The first-order valence-corrected chi connectivity index (χ1v) is 16.3. The van der Waals surface area contributed by atoms with Crippen LogP contribution in [0.3, 0.4) is 0 Å². The first-order chi connectivity index (χ1) is 23.6. The molecule has 0 saturated carbocycles. The highest BCUT2D eigenvalue weighted by molar-refractivity contribution is 5.99. The predicted octanol–water partition coefficient (Wildman–Crippen LogP) is 1.18. The fourth-order valence-electron chi connectivity index (χ4n) is 5.25. The number of amides is 5. The number of halogens is 3. The SMILES string of the molecule is CC(NC(=O)C(Cc1ccccc1)NC(=O)C(NC(=O)c1ccc(N2CCOCC2)cc1)C(C)C)C(=O)NC(CCC(N)=O)C(O)C(F)(F)F. The molecule has 1 aliphatic rings. The van der Waals surface area contributed by atoms with Crippen molar-refractivity contribution < 1.29 is 47.0 Å². The zero-order valence-corrected chi connectivity index (χ0v) is 28.2. The molecule has 1 heterocycles. The molecule has 0 bridgehead atoms. The number of benzene rings is 2. The van der Waals surface area contributed by atoms with E-state index < -0.39 is 84.7 Å². The predicted molar refractivity (Wildman–Crippen MR) is 178 cm³/mol. The van der Waals surface area contributed by atoms with Crippen molar-refractivity contribution >= 4 is 35.2 Å². The Morgan fingerprint density at radius 1 is 0.860 bits per heavy atom. The van der Waals surface area contributed by atoms with Crippen molar-refractivity contribution in [2.45, 2.75) is 76.5 Å². The molecule has 1 aliphatic heterocycles. The molecule has 0 radical (unpaired) electrons. The molecule has 3 rings (SSSR count). The molecule has 50 heavy (non-hydrogen) atoms. The first kappa shape index (κ1) is 39.7. The standard InChI is InChI=1S/C34H45F3N6O7/c1-20(2)28(42-31(47)23-9-11-24(12-10-23)43-15-17-50-18-16-43)33(49)41-26(19-22-7-5-4-6-8-22)32(48)39-21(3)30(46)40-25(13-14-27(38)44)29(45)34(35,36)37/h4-12,20-21,25-26,28-29,45H,13-19H2,1-3H3,(H2,38,44)(H,39,48)(H,40,46)(H,41,49)(H,42,47). The van der Waals surface area contributed by atoms with Gasteiger partial charge in [-0.05, 0) is 49.1 Å². The van der Waals surface area contributed by atoms with Gasteiger partial charge >= 0.3 is 6.18 Å². The van der Waals surface area contributed by atoms with Gasteiger partial charge in [0.25, 0.3) is 5.91 Å². The van der Waals surface area contributed by atoms with Gasteiger partial charge in [0.15, 0.2) is 6.10 Å². The highest BCUT2D eigenvalue weighted by atomic mass is 19.4. The van der Waals surface area contributed by atoms with Gasteiger partial charge in [-0.1, -0.05) is 44.2 Å². The van der Waals surface area contributed by atoms with Gasteiger partial charge < -0.3 is 41.7 Å². The van der Waals surface area contributed by atoms with Gasteiger partial charge in [0.05, 0.1) is 19.3 Å². The molecule has 2 aromatic rings. The van der Waals surface area contributed by atoms with Crippen molar-refractivity contribution in [3.8, 4) is 0 Å². The molecule has 0 aromatic heterocycles. The van der Waals surface area contributed by atoms with Gasteiger partial charge in [-0.2, -0.15) is 13.2 Å². The van der Waals surface area contributed by atoms with E-state index in [1.165, 1.54) is 6.92 Å². The maximum absolute atomic E-state index is 13.6. The summed E-state index contributed by atoms with van der Waals surface area (Å²) < 4.78 is 45.1. The van der Waals surface area contributed by atoms with Crippen LogP contribution in [0.4, 0.5) is 18.9 Å². The minimum Gasteiger partial charge on any atom is -0.382 e. The van der Waals surface area contributed by atoms with Gasteiger partial charge in [-0.15, -0.1) is 0 Å². The Bertz CT molecular complexity index is 1450. The largest absolute Gasteiger partial charge is 0.416 e. The maximum Gasteiger partial charge on any atom is 0.416 e. The fourth-order valence-corrected chi connectivity index (χ4v) is 5.25. The van der Waals surface area contributed by atoms with Crippen molar-refractivity contribution in [1.29, 1.82) is 0 Å². The lowest BCUT2D eigenvalue weighted by Crippen LogP contribution is -2.59. The Balaban J connectivity index is 1.72. The van der Waals surface area contributed by atoms with Gasteiger partial charge in [0, 0.05) is 37.2 Å². The number of ether oxygens (including phenoxy) is 1. The molecule has 1 fully saturated rings. The molecular weight excluding hydrogens is 661 g/mol. The van der Waals surface area contributed by atoms with Crippen molar-refractivity contribution in [3.63, 3.8) is 0 Å². The second kappa shape index (κ2) is 18.3. The van der Waals surface area contributed by atoms with Crippen LogP contribution < -0.4 is 31.9 Å². The van der Waals surface area contributed by atoms with Crippen LogP contribution in [0.2, 0.25) is 0 Å². The fraction of sp³-hybridized carbons (Fsp3) is 0.500. The van der Waals surface area contributed by atoms with E-state index in [0.29, 0.717) is 24.3 Å². The van der Waals surface area contributed by atoms with Crippen LogP contribution >= 0.6 is 0 Å². The molecule has 2 aromatic carbocycles. The summed E-state index contributed by atoms with van der Waals surface area (Å²) in [5, 5.41) is 19.6. The summed E-state index contributed by atoms with van der Waals surface area (Å²) in [5.74, 6) is -4.43. The first-order valence-electron chi connectivity index (χ1n) is 16.3. The molecule has 7 N–H and O–H groups in total. The molecule has 1 saturated heterocycles. The number of carbonyl (C=O) groups is 5. The topological polar surface area (TPSA) is 192 Å². The van der Waals surface area contributed by atoms with E-state index in [2.05, 4.69) is 20.9 Å². The Morgan fingerprint density at radius 2 is 1.48 bits per heavy atom. The third kappa shape index (κ3) is 12.0. The van der Waals surface area contributed by atoms with E-state index in [0.717, 1.165) is 18.8 Å². The number of primary amides is 1. The third-order valence-corrected chi connectivity index (χ3v) is 8.16. The van der Waals surface area contributed by atoms with Gasteiger partial charge in [-0.3, -0.25) is 24.0 Å². The van der Waals surface area contributed by atoms with Crippen LogP contribution in [0.25, 0.3) is 0 Å². The van der Waals surface area contributed by atoms with Crippen LogP contribution in [0, 0.1) is 5.92 Å². The van der Waals surface area contributed by atoms with Crippen molar-refractivity contribution in [1.82, 2.24) is 21.3 Å². The number of alkyl halides is 3. The lowest BCUT2D eigenvalue weighted by molar-refractivity contribution is -0.212. The molecule has 5 atom stereocenters. The van der Waals surface area contributed by atoms with E-state index in [1.807, 2.05) is 17.4 Å². The lowest BCUT2D eigenvalue weighted by Gasteiger charge is -2.29. The van der Waals surface area contributed by atoms with E-state index in [4.69, 9.17) is 10.5 Å². The Labute approximate surface area is 288 Å². The quantitative estimate of drug-likeness (QED) is 0.150. The zero-order chi connectivity index (χ0) is 37.0. The normalized spacial score (nSPS) is 16.4. The molecule has 274 valence electrons. The Kier molecular flexibility index (Phi) is 14.6. The number of carbonyl (C=O) groups excluding carboxylic acids is 5. The highest BCUT2D eigenvalue weighted by Gasteiger charge is 2.44. The van der Waals surface area contributed by atoms with Crippen molar-refractivity contribution in [2.24, 2.45) is 11.7 Å². The van der Waals surface area contributed by atoms with Crippen LogP contribution in [-0.2, 0) is 30.3 Å². The number of hydrogen-bond acceptors (Lipinski definition) is 8. The number of rotatable bonds is 16. The summed E-state index contributed by atoms with van der Waals surface area (Å²) >= 11 is 0. The smallest absolute Gasteiger partial charge is 0.382 e. The zero-order valence-electron chi connectivity index (χ0n) is 28.2. The van der Waals surface area contributed by atoms with E-state index in [-0.39, 0.29) is 6.42 Å². The number of nitrogens with two attached hydrogens (primary N) is 1. The summed E-state index contributed by atoms with van der Waals surface area (Å²) in [4.78, 5) is 66.5. The molecule has 0 spiro atoms. The summed E-state index contributed by atoms with van der Waals surface area (Å²) in [7, 11) is 0. The summed E-state index contributed by atoms with van der Waals surface area (Å²) in [5.41, 5.74) is 6.94. The molecule has 16 heteroatoms. The number of anilines is 1. The van der Waals surface area contributed by atoms with Crippen LogP contribution in [0.1, 0.15) is 49.5 Å². The van der Waals surface area contributed by atoms with Gasteiger partial charge in [0.1, 0.15) is 18.1 Å². The van der Waals surface area contributed by atoms with Crippen molar-refractivity contribution in [3.05, 3.63) is 65.7 Å². The van der Waals surface area contributed by atoms with Gasteiger partial charge in [-0.25, -0.2) is 0 Å².